The molecule has 4 heteroatoms. The molecule has 1 amide bonds. The maximum Gasteiger partial charge on any atom is 0.241 e. The number of hydrogen-bond donors (Lipinski definition) is 2. The SMILES string of the molecule is CC(C(=O)Nc1ccccc1CN)N(C)CC(C)(C)C. The fourth-order valence-electron chi connectivity index (χ4n) is 2.14. The van der Waals surface area contributed by atoms with Crippen LogP contribution in [0.2, 0.25) is 0 Å². The zero-order chi connectivity index (χ0) is 15.3. The van der Waals surface area contributed by atoms with Gasteiger partial charge < -0.3 is 11.1 Å². The van der Waals surface area contributed by atoms with Crippen LogP contribution in [0.4, 0.5) is 5.69 Å². The third-order valence-electron chi connectivity index (χ3n) is 3.26. The monoisotopic (exact) mass is 277 g/mol. The number of amides is 1. The van der Waals surface area contributed by atoms with E-state index in [9.17, 15) is 4.79 Å². The minimum Gasteiger partial charge on any atom is -0.326 e. The van der Waals surface area contributed by atoms with Crippen molar-refractivity contribution in [3.8, 4) is 0 Å². The summed E-state index contributed by atoms with van der Waals surface area (Å²) in [6.07, 6.45) is 0. The number of nitrogens with two attached hydrogens (primary N) is 1. The van der Waals surface area contributed by atoms with Crippen molar-refractivity contribution in [3.63, 3.8) is 0 Å². The highest BCUT2D eigenvalue weighted by Gasteiger charge is 2.22. The largest absolute Gasteiger partial charge is 0.326 e. The number of nitrogens with one attached hydrogen (secondary N) is 1. The van der Waals surface area contributed by atoms with Gasteiger partial charge in [0.2, 0.25) is 5.91 Å². The van der Waals surface area contributed by atoms with Gasteiger partial charge in [0.05, 0.1) is 6.04 Å². The summed E-state index contributed by atoms with van der Waals surface area (Å²) in [6, 6.07) is 7.46. The highest BCUT2D eigenvalue weighted by atomic mass is 16.2. The van der Waals surface area contributed by atoms with Gasteiger partial charge in [-0.25, -0.2) is 0 Å². The van der Waals surface area contributed by atoms with Crippen LogP contribution in [-0.4, -0.2) is 30.4 Å². The summed E-state index contributed by atoms with van der Waals surface area (Å²) in [6.45, 7) is 9.70. The molecule has 1 aromatic rings. The molecule has 0 aliphatic heterocycles. The summed E-state index contributed by atoms with van der Waals surface area (Å²) in [5.74, 6) is -0.00218. The Morgan fingerprint density at radius 3 is 2.50 bits per heavy atom. The van der Waals surface area contributed by atoms with E-state index in [1.807, 2.05) is 38.2 Å². The number of hydrogen-bond acceptors (Lipinski definition) is 3. The van der Waals surface area contributed by atoms with Gasteiger partial charge in [0, 0.05) is 18.8 Å². The van der Waals surface area contributed by atoms with Gasteiger partial charge in [0.15, 0.2) is 0 Å². The van der Waals surface area contributed by atoms with Crippen molar-refractivity contribution in [2.24, 2.45) is 11.1 Å². The third-order valence-corrected chi connectivity index (χ3v) is 3.26. The summed E-state index contributed by atoms with van der Waals surface area (Å²) >= 11 is 0. The Kier molecular flexibility index (Phi) is 5.72. The smallest absolute Gasteiger partial charge is 0.241 e. The molecule has 4 nitrogen and oxygen atoms in total. The number of likely N-dealkylation sites (N-methyl/N-ethyl adjacent to an activating group) is 1. The van der Waals surface area contributed by atoms with E-state index in [1.54, 1.807) is 0 Å². The van der Waals surface area contributed by atoms with Gasteiger partial charge in [0.25, 0.3) is 0 Å². The predicted octanol–water partition coefficient (Wildman–Crippen LogP) is 2.45. The molecule has 112 valence electrons. The standard InChI is InChI=1S/C16H27N3O/c1-12(19(5)11-16(2,3)4)15(20)18-14-9-7-6-8-13(14)10-17/h6-9,12H,10-11,17H2,1-5H3,(H,18,20). The Labute approximate surface area is 122 Å². The van der Waals surface area contributed by atoms with Crippen LogP contribution >= 0.6 is 0 Å². The Balaban J connectivity index is 2.70. The Hall–Kier alpha value is -1.39. The molecule has 1 atom stereocenters. The van der Waals surface area contributed by atoms with Crippen molar-refractivity contribution in [1.82, 2.24) is 4.90 Å². The van der Waals surface area contributed by atoms with Crippen LogP contribution in [0, 0.1) is 5.41 Å². The second-order valence-corrected chi connectivity index (χ2v) is 6.50. The van der Waals surface area contributed by atoms with Crippen molar-refractivity contribution in [3.05, 3.63) is 29.8 Å². The Morgan fingerprint density at radius 2 is 1.95 bits per heavy atom. The Morgan fingerprint density at radius 1 is 1.35 bits per heavy atom. The highest BCUT2D eigenvalue weighted by molar-refractivity contribution is 5.95. The molecule has 0 bridgehead atoms. The number of benzene rings is 1. The Bertz CT molecular complexity index is 451. The van der Waals surface area contributed by atoms with Crippen molar-refractivity contribution in [2.45, 2.75) is 40.3 Å². The molecule has 20 heavy (non-hydrogen) atoms. The maximum absolute atomic E-state index is 12.3. The molecule has 0 aromatic heterocycles. The second kappa shape index (κ2) is 6.86. The summed E-state index contributed by atoms with van der Waals surface area (Å²) in [5.41, 5.74) is 7.60. The number of para-hydroxylation sites is 1. The van der Waals surface area contributed by atoms with Gasteiger partial charge in [-0.05, 0) is 31.0 Å². The third kappa shape index (κ3) is 4.94. The molecule has 1 rings (SSSR count). The quantitative estimate of drug-likeness (QED) is 0.869. The van der Waals surface area contributed by atoms with Gasteiger partial charge in [-0.2, -0.15) is 0 Å². The minimum atomic E-state index is -0.181. The molecule has 0 aliphatic rings. The van der Waals surface area contributed by atoms with E-state index < -0.39 is 0 Å². The van der Waals surface area contributed by atoms with Crippen LogP contribution in [-0.2, 0) is 11.3 Å². The van der Waals surface area contributed by atoms with Gasteiger partial charge in [-0.3, -0.25) is 9.69 Å². The fraction of sp³-hybridized carbons (Fsp3) is 0.562. The molecule has 0 heterocycles. The number of nitrogens with zero attached hydrogens (tertiary/aromatic N) is 1. The van der Waals surface area contributed by atoms with E-state index in [1.165, 1.54) is 0 Å². The maximum atomic E-state index is 12.3. The molecule has 0 aliphatic carbocycles. The summed E-state index contributed by atoms with van der Waals surface area (Å²) in [5, 5.41) is 2.97. The molecular weight excluding hydrogens is 250 g/mol. The molecule has 0 fully saturated rings. The number of carbonyl (C=O) groups is 1. The van der Waals surface area contributed by atoms with E-state index in [-0.39, 0.29) is 17.4 Å². The highest BCUT2D eigenvalue weighted by Crippen LogP contribution is 2.18. The van der Waals surface area contributed by atoms with Crippen molar-refractivity contribution in [2.75, 3.05) is 18.9 Å². The molecular formula is C16H27N3O. The van der Waals surface area contributed by atoms with E-state index in [0.29, 0.717) is 6.54 Å². The van der Waals surface area contributed by atoms with Crippen LogP contribution in [0.3, 0.4) is 0 Å². The van der Waals surface area contributed by atoms with E-state index in [2.05, 4.69) is 31.0 Å². The van der Waals surface area contributed by atoms with Crippen LogP contribution < -0.4 is 11.1 Å². The average Bonchev–Trinajstić information content (AvgIpc) is 2.36. The lowest BCUT2D eigenvalue weighted by atomic mass is 9.95. The molecule has 0 spiro atoms. The molecule has 0 saturated heterocycles. The second-order valence-electron chi connectivity index (χ2n) is 6.50. The van der Waals surface area contributed by atoms with Crippen LogP contribution in [0.1, 0.15) is 33.3 Å². The van der Waals surface area contributed by atoms with Gasteiger partial charge in [-0.15, -0.1) is 0 Å². The zero-order valence-electron chi connectivity index (χ0n) is 13.2. The lowest BCUT2D eigenvalue weighted by molar-refractivity contribution is -0.120. The van der Waals surface area contributed by atoms with Gasteiger partial charge >= 0.3 is 0 Å². The van der Waals surface area contributed by atoms with E-state index >= 15 is 0 Å². The summed E-state index contributed by atoms with van der Waals surface area (Å²) in [4.78, 5) is 14.4. The van der Waals surface area contributed by atoms with E-state index in [4.69, 9.17) is 5.73 Å². The molecule has 0 saturated carbocycles. The topological polar surface area (TPSA) is 58.4 Å². The normalized spacial score (nSPS) is 13.3. The summed E-state index contributed by atoms with van der Waals surface area (Å²) < 4.78 is 0. The predicted molar refractivity (Wildman–Crippen MR) is 84.5 cm³/mol. The van der Waals surface area contributed by atoms with Crippen LogP contribution in [0.5, 0.6) is 0 Å². The van der Waals surface area contributed by atoms with Crippen molar-refractivity contribution < 1.29 is 4.79 Å². The minimum absolute atomic E-state index is 0.00218. The fourth-order valence-corrected chi connectivity index (χ4v) is 2.14. The first-order valence-corrected chi connectivity index (χ1v) is 7.03. The van der Waals surface area contributed by atoms with Crippen LogP contribution in [0.25, 0.3) is 0 Å². The first kappa shape index (κ1) is 16.7. The first-order chi connectivity index (χ1) is 9.24. The van der Waals surface area contributed by atoms with Crippen LogP contribution in [0.15, 0.2) is 24.3 Å². The summed E-state index contributed by atoms with van der Waals surface area (Å²) in [7, 11) is 1.98. The number of anilines is 1. The zero-order valence-corrected chi connectivity index (χ0v) is 13.2. The number of carbonyl (C=O) groups excluding carboxylic acids is 1. The average molecular weight is 277 g/mol. The molecule has 1 unspecified atom stereocenters. The molecule has 1 aromatic carbocycles. The lowest BCUT2D eigenvalue weighted by Crippen LogP contribution is -2.43. The molecule has 0 radical (unpaired) electrons. The lowest BCUT2D eigenvalue weighted by Gasteiger charge is -2.30. The molecule has 3 N–H and O–H groups in total. The van der Waals surface area contributed by atoms with Gasteiger partial charge in [-0.1, -0.05) is 39.0 Å². The number of rotatable bonds is 5. The van der Waals surface area contributed by atoms with Crippen molar-refractivity contribution >= 4 is 11.6 Å². The first-order valence-electron chi connectivity index (χ1n) is 7.03. The van der Waals surface area contributed by atoms with Crippen molar-refractivity contribution in [1.29, 1.82) is 0 Å². The van der Waals surface area contributed by atoms with E-state index in [0.717, 1.165) is 17.8 Å². The van der Waals surface area contributed by atoms with Gasteiger partial charge in [0.1, 0.15) is 0 Å².